The van der Waals surface area contributed by atoms with Crippen molar-refractivity contribution in [3.63, 3.8) is 0 Å². The number of imidazole rings is 1. The minimum Gasteiger partial charge on any atom is -0.346 e. The van der Waals surface area contributed by atoms with Gasteiger partial charge in [-0.2, -0.15) is 4.68 Å². The monoisotopic (exact) mass is 310 g/mol. The van der Waals surface area contributed by atoms with Crippen LogP contribution in [0.2, 0.25) is 0 Å². The van der Waals surface area contributed by atoms with Gasteiger partial charge < -0.3 is 10.3 Å². The summed E-state index contributed by atoms with van der Waals surface area (Å²) in [7, 11) is 0. The Hall–Kier alpha value is -3.56. The summed E-state index contributed by atoms with van der Waals surface area (Å²) >= 11 is 0. The van der Waals surface area contributed by atoms with Crippen molar-refractivity contribution in [3.05, 3.63) is 64.2 Å². The predicted molar refractivity (Wildman–Crippen MR) is 79.2 cm³/mol. The molecule has 0 amide bonds. The number of nitrogens with one attached hydrogen (secondary N) is 2. The van der Waals surface area contributed by atoms with Crippen LogP contribution in [0.1, 0.15) is 17.3 Å². The Morgan fingerprint density at radius 2 is 2.09 bits per heavy atom. The largest absolute Gasteiger partial charge is 0.346 e. The van der Waals surface area contributed by atoms with Crippen molar-refractivity contribution >= 4 is 17.3 Å². The molecule has 4 rings (SSSR count). The first-order valence-corrected chi connectivity index (χ1v) is 6.72. The second-order valence-electron chi connectivity index (χ2n) is 4.91. The van der Waals surface area contributed by atoms with E-state index in [0.29, 0.717) is 5.95 Å². The highest BCUT2D eigenvalue weighted by Crippen LogP contribution is 2.30. The number of nitro benzene ring substituents is 1. The molecule has 3 heterocycles. The number of nitrogens with zero attached hydrogens (tertiary/aromatic N) is 6. The third kappa shape index (κ3) is 2.21. The topological polar surface area (TPSA) is 127 Å². The summed E-state index contributed by atoms with van der Waals surface area (Å²) in [4.78, 5) is 17.4. The van der Waals surface area contributed by atoms with E-state index in [1.165, 1.54) is 12.1 Å². The first-order valence-electron chi connectivity index (χ1n) is 6.72. The number of non-ortho nitro benzene ring substituents is 1. The van der Waals surface area contributed by atoms with Crippen molar-refractivity contribution < 1.29 is 4.92 Å². The first-order chi connectivity index (χ1) is 11.2. The van der Waals surface area contributed by atoms with Crippen LogP contribution in [0.4, 0.5) is 11.6 Å². The van der Waals surface area contributed by atoms with Gasteiger partial charge in [-0.1, -0.05) is 5.10 Å². The van der Waals surface area contributed by atoms with Gasteiger partial charge in [0.1, 0.15) is 6.04 Å². The van der Waals surface area contributed by atoms with Crippen molar-refractivity contribution in [1.82, 2.24) is 30.2 Å². The van der Waals surface area contributed by atoms with E-state index in [2.05, 4.69) is 30.8 Å². The van der Waals surface area contributed by atoms with Crippen molar-refractivity contribution in [2.24, 2.45) is 0 Å². The minimum atomic E-state index is -0.430. The second-order valence-corrected chi connectivity index (χ2v) is 4.91. The SMILES string of the molecule is O=[N+]([O-])c1ccc(C2=CC(c3cnc[nH]3)n3nnnc3N2)cc1. The summed E-state index contributed by atoms with van der Waals surface area (Å²) < 4.78 is 1.63. The number of H-pyrrole nitrogens is 1. The third-order valence-electron chi connectivity index (χ3n) is 3.55. The molecule has 0 aliphatic carbocycles. The number of allylic oxidation sites excluding steroid dienone is 1. The molecule has 1 atom stereocenters. The molecule has 23 heavy (non-hydrogen) atoms. The lowest BCUT2D eigenvalue weighted by Gasteiger charge is -2.22. The van der Waals surface area contributed by atoms with Gasteiger partial charge >= 0.3 is 0 Å². The molecule has 1 unspecified atom stereocenters. The van der Waals surface area contributed by atoms with Gasteiger partial charge in [0.25, 0.3) is 5.69 Å². The number of hydrogen-bond acceptors (Lipinski definition) is 7. The molecule has 10 heteroatoms. The van der Waals surface area contributed by atoms with E-state index >= 15 is 0 Å². The number of rotatable bonds is 3. The number of benzene rings is 1. The maximum atomic E-state index is 10.8. The number of aromatic nitrogens is 6. The summed E-state index contributed by atoms with van der Waals surface area (Å²) in [6, 6.07) is 6.04. The Bertz CT molecular complexity index is 881. The zero-order chi connectivity index (χ0) is 15.8. The molecule has 114 valence electrons. The van der Waals surface area contributed by atoms with Crippen LogP contribution < -0.4 is 5.32 Å². The van der Waals surface area contributed by atoms with Gasteiger partial charge in [0.05, 0.1) is 23.1 Å². The summed E-state index contributed by atoms with van der Waals surface area (Å²) in [6.45, 7) is 0. The molecule has 0 fully saturated rings. The molecule has 2 N–H and O–H groups in total. The maximum absolute atomic E-state index is 10.8. The Labute approximate surface area is 129 Å². The summed E-state index contributed by atoms with van der Waals surface area (Å²) in [5, 5.41) is 25.5. The van der Waals surface area contributed by atoms with E-state index in [1.54, 1.807) is 29.3 Å². The molecule has 3 aromatic rings. The molecule has 1 aliphatic rings. The van der Waals surface area contributed by atoms with Gasteiger partial charge in [-0.15, -0.1) is 0 Å². The molecule has 0 saturated heterocycles. The van der Waals surface area contributed by atoms with Crippen molar-refractivity contribution in [2.45, 2.75) is 6.04 Å². The highest BCUT2D eigenvalue weighted by molar-refractivity contribution is 5.77. The van der Waals surface area contributed by atoms with Crippen molar-refractivity contribution in [3.8, 4) is 0 Å². The third-order valence-corrected chi connectivity index (χ3v) is 3.55. The Morgan fingerprint density at radius 3 is 2.78 bits per heavy atom. The number of fused-ring (bicyclic) bond motifs is 1. The van der Waals surface area contributed by atoms with E-state index in [9.17, 15) is 10.1 Å². The molecule has 1 aromatic carbocycles. The van der Waals surface area contributed by atoms with Gasteiger partial charge in [-0.3, -0.25) is 10.1 Å². The lowest BCUT2D eigenvalue weighted by molar-refractivity contribution is -0.384. The smallest absolute Gasteiger partial charge is 0.269 e. The fourth-order valence-corrected chi connectivity index (χ4v) is 2.43. The lowest BCUT2D eigenvalue weighted by atomic mass is 10.1. The van der Waals surface area contributed by atoms with Crippen LogP contribution in [0, 0.1) is 10.1 Å². The van der Waals surface area contributed by atoms with E-state index < -0.39 is 4.92 Å². The van der Waals surface area contributed by atoms with Gasteiger partial charge in [0, 0.05) is 17.8 Å². The van der Waals surface area contributed by atoms with Crippen LogP contribution in [-0.2, 0) is 0 Å². The maximum Gasteiger partial charge on any atom is 0.269 e. The normalized spacial score (nSPS) is 16.3. The van der Waals surface area contributed by atoms with Gasteiger partial charge in [-0.05, 0) is 34.2 Å². The highest BCUT2D eigenvalue weighted by atomic mass is 16.6. The summed E-state index contributed by atoms with van der Waals surface area (Å²) in [6.07, 6.45) is 5.21. The van der Waals surface area contributed by atoms with E-state index in [1.807, 2.05) is 6.08 Å². The molecule has 0 saturated carbocycles. The molecular formula is C13H10N8O2. The van der Waals surface area contributed by atoms with Crippen LogP contribution in [0.5, 0.6) is 0 Å². The number of anilines is 1. The Kier molecular flexibility index (Phi) is 2.86. The average molecular weight is 310 g/mol. The molecule has 2 aromatic heterocycles. The number of hydrogen-bond donors (Lipinski definition) is 2. The van der Waals surface area contributed by atoms with Crippen molar-refractivity contribution in [1.29, 1.82) is 0 Å². The minimum absolute atomic E-state index is 0.0418. The van der Waals surface area contributed by atoms with Crippen molar-refractivity contribution in [2.75, 3.05) is 5.32 Å². The Morgan fingerprint density at radius 1 is 1.26 bits per heavy atom. The average Bonchev–Trinajstić information content (AvgIpc) is 3.25. The van der Waals surface area contributed by atoms with Crippen LogP contribution >= 0.6 is 0 Å². The zero-order valence-electron chi connectivity index (χ0n) is 11.6. The van der Waals surface area contributed by atoms with Crippen LogP contribution in [0.3, 0.4) is 0 Å². The van der Waals surface area contributed by atoms with Crippen LogP contribution in [0.25, 0.3) is 5.70 Å². The van der Waals surface area contributed by atoms with Gasteiger partial charge in [0.2, 0.25) is 5.95 Å². The lowest BCUT2D eigenvalue weighted by Crippen LogP contribution is -2.20. The van der Waals surface area contributed by atoms with E-state index in [0.717, 1.165) is 17.0 Å². The molecular weight excluding hydrogens is 300 g/mol. The first kappa shape index (κ1) is 13.1. The fourth-order valence-electron chi connectivity index (χ4n) is 2.43. The molecule has 1 aliphatic heterocycles. The van der Waals surface area contributed by atoms with E-state index in [4.69, 9.17) is 0 Å². The quantitative estimate of drug-likeness (QED) is 0.552. The van der Waals surface area contributed by atoms with Gasteiger partial charge in [-0.25, -0.2) is 4.98 Å². The zero-order valence-corrected chi connectivity index (χ0v) is 11.6. The fraction of sp³-hybridized carbons (Fsp3) is 0.0769. The molecule has 10 nitrogen and oxygen atoms in total. The number of aromatic amines is 1. The summed E-state index contributed by atoms with van der Waals surface area (Å²) in [5.41, 5.74) is 2.44. The van der Waals surface area contributed by atoms with Crippen LogP contribution in [0.15, 0.2) is 42.9 Å². The second kappa shape index (κ2) is 5.02. The molecule has 0 radical (unpaired) electrons. The highest BCUT2D eigenvalue weighted by Gasteiger charge is 2.25. The molecule has 0 bridgehead atoms. The summed E-state index contributed by atoms with van der Waals surface area (Å²) in [5.74, 6) is 0.487. The standard InChI is InChI=1S/C13H10N8O2/c22-21(23)9-3-1-8(2-4-9)10-5-12(11-6-14-7-15-11)20-13(16-10)17-18-19-20/h1-7,12H,(H,14,15)(H,16,17,19). The number of nitro groups is 1. The van der Waals surface area contributed by atoms with Crippen LogP contribution in [-0.4, -0.2) is 35.1 Å². The van der Waals surface area contributed by atoms with Gasteiger partial charge in [0.15, 0.2) is 0 Å². The predicted octanol–water partition coefficient (Wildman–Crippen LogP) is 1.36. The van der Waals surface area contributed by atoms with E-state index in [-0.39, 0.29) is 11.7 Å². The Balaban J connectivity index is 1.75. The molecule has 0 spiro atoms. The number of tetrazole rings is 1.